The number of carbonyl (C=O) groups is 1. The molecule has 0 spiro atoms. The Morgan fingerprint density at radius 3 is 2.76 bits per heavy atom. The molecule has 1 amide bonds. The van der Waals surface area contributed by atoms with Crippen LogP contribution in [0, 0.1) is 17.2 Å². The number of nitriles is 1. The fraction of sp³-hybridized carbons (Fsp3) is 0.450. The number of aromatic nitrogens is 1. The van der Waals surface area contributed by atoms with Crippen LogP contribution in [-0.2, 0) is 14.9 Å². The summed E-state index contributed by atoms with van der Waals surface area (Å²) >= 11 is 0. The molecule has 0 bridgehead atoms. The topological polar surface area (TPSA) is 75.0 Å². The van der Waals surface area contributed by atoms with E-state index in [9.17, 15) is 10.1 Å². The second-order valence-corrected chi connectivity index (χ2v) is 7.19. The van der Waals surface area contributed by atoms with Crippen molar-refractivity contribution in [1.82, 2.24) is 4.98 Å². The molecule has 0 saturated heterocycles. The molecule has 1 heterocycles. The first kappa shape index (κ1) is 16.0. The molecular weight excluding hydrogens is 314 g/mol. The SMILES string of the molecule is COC1CC(C(=O)Nc2cc3cc(C4(C#N)CCC4)ccc3cn2)C1. The maximum absolute atomic E-state index is 12.3. The third kappa shape index (κ3) is 2.77. The number of benzene rings is 1. The Hall–Kier alpha value is -2.45. The molecule has 25 heavy (non-hydrogen) atoms. The third-order valence-corrected chi connectivity index (χ3v) is 5.75. The van der Waals surface area contributed by atoms with E-state index >= 15 is 0 Å². The Labute approximate surface area is 147 Å². The maximum atomic E-state index is 12.3. The van der Waals surface area contributed by atoms with Crippen molar-refractivity contribution in [3.63, 3.8) is 0 Å². The van der Waals surface area contributed by atoms with Crippen LogP contribution in [0.25, 0.3) is 10.8 Å². The molecule has 128 valence electrons. The molecule has 1 aromatic heterocycles. The summed E-state index contributed by atoms with van der Waals surface area (Å²) < 4.78 is 5.22. The monoisotopic (exact) mass is 335 g/mol. The van der Waals surface area contributed by atoms with Gasteiger partial charge in [0.1, 0.15) is 5.82 Å². The van der Waals surface area contributed by atoms with E-state index in [-0.39, 0.29) is 23.3 Å². The number of fused-ring (bicyclic) bond motifs is 1. The fourth-order valence-corrected chi connectivity index (χ4v) is 3.70. The van der Waals surface area contributed by atoms with Crippen molar-refractivity contribution in [3.05, 3.63) is 36.0 Å². The zero-order valence-electron chi connectivity index (χ0n) is 14.3. The first-order valence-electron chi connectivity index (χ1n) is 8.79. The van der Waals surface area contributed by atoms with Gasteiger partial charge in [0.05, 0.1) is 17.6 Å². The van der Waals surface area contributed by atoms with Crippen LogP contribution >= 0.6 is 0 Å². The maximum Gasteiger partial charge on any atom is 0.228 e. The van der Waals surface area contributed by atoms with Gasteiger partial charge in [-0.2, -0.15) is 5.26 Å². The van der Waals surface area contributed by atoms with Crippen LogP contribution in [-0.4, -0.2) is 24.1 Å². The second kappa shape index (κ2) is 6.12. The number of methoxy groups -OCH3 is 1. The predicted octanol–water partition coefficient (Wildman–Crippen LogP) is 3.54. The Bertz CT molecular complexity index is 861. The molecule has 4 rings (SSSR count). The highest BCUT2D eigenvalue weighted by molar-refractivity contribution is 5.94. The molecule has 0 atom stereocenters. The molecule has 2 saturated carbocycles. The molecule has 2 fully saturated rings. The largest absolute Gasteiger partial charge is 0.381 e. The van der Waals surface area contributed by atoms with Crippen LogP contribution in [0.3, 0.4) is 0 Å². The molecule has 5 nitrogen and oxygen atoms in total. The average Bonchev–Trinajstić information content (AvgIpc) is 2.53. The van der Waals surface area contributed by atoms with E-state index in [0.717, 1.165) is 48.4 Å². The Morgan fingerprint density at radius 2 is 2.12 bits per heavy atom. The lowest BCUT2D eigenvalue weighted by Crippen LogP contribution is -2.38. The molecule has 1 aromatic carbocycles. The number of rotatable bonds is 4. The van der Waals surface area contributed by atoms with Gasteiger partial charge in [-0.15, -0.1) is 0 Å². The lowest BCUT2D eigenvalue weighted by atomic mass is 9.65. The molecule has 2 aliphatic carbocycles. The zero-order valence-corrected chi connectivity index (χ0v) is 14.3. The normalized spacial score (nSPS) is 24.0. The van der Waals surface area contributed by atoms with Gasteiger partial charge in [-0.3, -0.25) is 4.79 Å². The Balaban J connectivity index is 1.55. The lowest BCUT2D eigenvalue weighted by Gasteiger charge is -2.35. The van der Waals surface area contributed by atoms with Crippen LogP contribution in [0.4, 0.5) is 5.82 Å². The van der Waals surface area contributed by atoms with Gasteiger partial charge < -0.3 is 10.1 Å². The number of amides is 1. The van der Waals surface area contributed by atoms with Crippen LogP contribution in [0.1, 0.15) is 37.7 Å². The molecule has 0 radical (unpaired) electrons. The molecule has 1 N–H and O–H groups in total. The van der Waals surface area contributed by atoms with E-state index in [1.165, 1.54) is 0 Å². The summed E-state index contributed by atoms with van der Waals surface area (Å²) in [5.74, 6) is 0.574. The minimum Gasteiger partial charge on any atom is -0.381 e. The predicted molar refractivity (Wildman–Crippen MR) is 95.0 cm³/mol. The highest BCUT2D eigenvalue weighted by Gasteiger charge is 2.39. The van der Waals surface area contributed by atoms with E-state index in [0.29, 0.717) is 5.82 Å². The van der Waals surface area contributed by atoms with Crippen LogP contribution < -0.4 is 5.32 Å². The van der Waals surface area contributed by atoms with Crippen LogP contribution in [0.2, 0.25) is 0 Å². The number of nitrogens with one attached hydrogen (secondary N) is 1. The highest BCUT2D eigenvalue weighted by atomic mass is 16.5. The van der Waals surface area contributed by atoms with Gasteiger partial charge in [-0.1, -0.05) is 12.1 Å². The van der Waals surface area contributed by atoms with E-state index in [1.54, 1.807) is 13.3 Å². The molecule has 0 unspecified atom stereocenters. The number of nitrogens with zero attached hydrogens (tertiary/aromatic N) is 2. The Morgan fingerprint density at radius 1 is 1.32 bits per heavy atom. The number of carbonyl (C=O) groups excluding carboxylic acids is 1. The summed E-state index contributed by atoms with van der Waals surface area (Å²) in [6.45, 7) is 0. The number of pyridine rings is 1. The van der Waals surface area contributed by atoms with Crippen LogP contribution in [0.15, 0.2) is 30.5 Å². The molecule has 2 aromatic rings. The van der Waals surface area contributed by atoms with Gasteiger partial charge in [0.2, 0.25) is 5.91 Å². The van der Waals surface area contributed by atoms with Crippen molar-refractivity contribution in [2.75, 3.05) is 12.4 Å². The summed E-state index contributed by atoms with van der Waals surface area (Å²) in [6.07, 6.45) is 6.46. The van der Waals surface area contributed by atoms with E-state index in [4.69, 9.17) is 4.74 Å². The fourth-order valence-electron chi connectivity index (χ4n) is 3.70. The second-order valence-electron chi connectivity index (χ2n) is 7.19. The van der Waals surface area contributed by atoms with Gasteiger partial charge in [0.25, 0.3) is 0 Å². The number of hydrogen-bond acceptors (Lipinski definition) is 4. The number of hydrogen-bond donors (Lipinski definition) is 1. The van der Waals surface area contributed by atoms with E-state index < -0.39 is 0 Å². The van der Waals surface area contributed by atoms with Gasteiger partial charge in [-0.25, -0.2) is 4.98 Å². The lowest BCUT2D eigenvalue weighted by molar-refractivity contribution is -0.127. The van der Waals surface area contributed by atoms with Gasteiger partial charge in [0.15, 0.2) is 0 Å². The van der Waals surface area contributed by atoms with Crippen LogP contribution in [0.5, 0.6) is 0 Å². The van der Waals surface area contributed by atoms with Crippen molar-refractivity contribution >= 4 is 22.5 Å². The third-order valence-electron chi connectivity index (χ3n) is 5.75. The number of ether oxygens (including phenoxy) is 1. The first-order chi connectivity index (χ1) is 12.1. The number of anilines is 1. The van der Waals surface area contributed by atoms with Crippen molar-refractivity contribution in [3.8, 4) is 6.07 Å². The summed E-state index contributed by atoms with van der Waals surface area (Å²) in [4.78, 5) is 16.6. The molecule has 0 aliphatic heterocycles. The van der Waals surface area contributed by atoms with E-state index in [1.807, 2.05) is 18.2 Å². The molecular formula is C20H21N3O2. The van der Waals surface area contributed by atoms with Gasteiger partial charge >= 0.3 is 0 Å². The van der Waals surface area contributed by atoms with Crippen molar-refractivity contribution in [2.24, 2.45) is 5.92 Å². The van der Waals surface area contributed by atoms with Crippen molar-refractivity contribution < 1.29 is 9.53 Å². The summed E-state index contributed by atoms with van der Waals surface area (Å²) in [5, 5.41) is 14.5. The minimum atomic E-state index is -0.331. The summed E-state index contributed by atoms with van der Waals surface area (Å²) in [5.41, 5.74) is 0.737. The zero-order chi connectivity index (χ0) is 17.4. The Kier molecular flexibility index (Phi) is 3.93. The van der Waals surface area contributed by atoms with Crippen molar-refractivity contribution in [2.45, 2.75) is 43.6 Å². The van der Waals surface area contributed by atoms with E-state index in [2.05, 4.69) is 22.4 Å². The van der Waals surface area contributed by atoms with Crippen molar-refractivity contribution in [1.29, 1.82) is 5.26 Å². The smallest absolute Gasteiger partial charge is 0.228 e. The molecule has 2 aliphatic rings. The van der Waals surface area contributed by atoms with Gasteiger partial charge in [-0.05, 0) is 55.2 Å². The highest BCUT2D eigenvalue weighted by Crippen LogP contribution is 2.43. The summed E-state index contributed by atoms with van der Waals surface area (Å²) in [7, 11) is 1.68. The standard InChI is InChI=1S/C20H21N3O2/c1-25-17-8-15(9-17)19(24)23-18-10-14-7-16(4-3-13(14)11-22-18)20(12-21)5-2-6-20/h3-4,7,10-11,15,17H,2,5-6,8-9H2,1H3,(H,22,23,24). The first-order valence-corrected chi connectivity index (χ1v) is 8.79. The quantitative estimate of drug-likeness (QED) is 0.927. The summed E-state index contributed by atoms with van der Waals surface area (Å²) in [6, 6.07) is 10.5. The average molecular weight is 335 g/mol. The minimum absolute atomic E-state index is 0.00351. The van der Waals surface area contributed by atoms with Gasteiger partial charge in [0, 0.05) is 24.6 Å². The molecule has 5 heteroatoms.